The fourth-order valence-corrected chi connectivity index (χ4v) is 3.26. The summed E-state index contributed by atoms with van der Waals surface area (Å²) in [6.07, 6.45) is 2.54. The van der Waals surface area contributed by atoms with Crippen LogP contribution in [-0.2, 0) is 0 Å². The zero-order valence-corrected chi connectivity index (χ0v) is 11.8. The van der Waals surface area contributed by atoms with Gasteiger partial charge < -0.3 is 15.6 Å². The fraction of sp³-hybridized carbons (Fsp3) is 0.412. The lowest BCUT2D eigenvalue weighted by Crippen LogP contribution is -2.42. The number of nitrogens with two attached hydrogens (primary N) is 1. The Morgan fingerprint density at radius 1 is 1.25 bits per heavy atom. The monoisotopic (exact) mass is 271 g/mol. The van der Waals surface area contributed by atoms with Gasteiger partial charge in [-0.2, -0.15) is 0 Å². The van der Waals surface area contributed by atoms with Gasteiger partial charge in [-0.25, -0.2) is 0 Å². The molecule has 3 nitrogen and oxygen atoms in total. The number of rotatable bonds is 4. The summed E-state index contributed by atoms with van der Waals surface area (Å²) in [6.45, 7) is 0.514. The van der Waals surface area contributed by atoms with E-state index < -0.39 is 6.10 Å². The second-order valence-corrected chi connectivity index (χ2v) is 5.73. The first-order valence-electron chi connectivity index (χ1n) is 7.15. The van der Waals surface area contributed by atoms with Gasteiger partial charge in [-0.3, -0.25) is 0 Å². The van der Waals surface area contributed by atoms with Gasteiger partial charge in [-0.05, 0) is 29.7 Å². The molecule has 20 heavy (non-hydrogen) atoms. The molecule has 2 aromatic rings. The van der Waals surface area contributed by atoms with Crippen molar-refractivity contribution >= 4 is 10.8 Å². The van der Waals surface area contributed by atoms with E-state index in [1.165, 1.54) is 0 Å². The van der Waals surface area contributed by atoms with Gasteiger partial charge in [0.2, 0.25) is 0 Å². The average Bonchev–Trinajstić information content (AvgIpc) is 2.45. The Hall–Kier alpha value is -1.58. The molecular weight excluding hydrogens is 250 g/mol. The van der Waals surface area contributed by atoms with Crippen LogP contribution in [-0.4, -0.2) is 18.8 Å². The predicted molar refractivity (Wildman–Crippen MR) is 80.8 cm³/mol. The van der Waals surface area contributed by atoms with E-state index in [0.717, 1.165) is 41.3 Å². The lowest BCUT2D eigenvalue weighted by Gasteiger charge is -2.45. The van der Waals surface area contributed by atoms with Gasteiger partial charge >= 0.3 is 0 Å². The molecule has 1 fully saturated rings. The van der Waals surface area contributed by atoms with E-state index in [0.29, 0.717) is 6.54 Å². The number of aliphatic hydroxyl groups excluding tert-OH is 1. The Morgan fingerprint density at radius 2 is 2.00 bits per heavy atom. The predicted octanol–water partition coefficient (Wildman–Crippen LogP) is 3.01. The molecule has 0 spiro atoms. The van der Waals surface area contributed by atoms with Crippen LogP contribution in [0.25, 0.3) is 10.8 Å². The summed E-state index contributed by atoms with van der Waals surface area (Å²) in [5.74, 6) is 0.746. The van der Waals surface area contributed by atoms with Crippen molar-refractivity contribution in [2.45, 2.75) is 25.4 Å². The smallest absolute Gasteiger partial charge is 0.125 e. The normalized spacial score (nSPS) is 18.6. The molecule has 0 heterocycles. The summed E-state index contributed by atoms with van der Waals surface area (Å²) in [6, 6.07) is 12.1. The first-order valence-corrected chi connectivity index (χ1v) is 7.15. The minimum absolute atomic E-state index is 0.183. The Kier molecular flexibility index (Phi) is 3.40. The van der Waals surface area contributed by atoms with Gasteiger partial charge in [0.25, 0.3) is 0 Å². The molecule has 1 atom stereocenters. The molecule has 0 radical (unpaired) electrons. The van der Waals surface area contributed by atoms with Gasteiger partial charge in [-0.15, -0.1) is 0 Å². The second kappa shape index (κ2) is 5.08. The number of aliphatic hydroxyl groups is 1. The molecule has 0 bridgehead atoms. The maximum absolute atomic E-state index is 10.9. The summed E-state index contributed by atoms with van der Waals surface area (Å²) in [4.78, 5) is 0. The third-order valence-electron chi connectivity index (χ3n) is 4.76. The van der Waals surface area contributed by atoms with Crippen LogP contribution in [0.1, 0.15) is 30.9 Å². The lowest BCUT2D eigenvalue weighted by atomic mass is 9.63. The van der Waals surface area contributed by atoms with Crippen LogP contribution in [0.5, 0.6) is 5.75 Å². The van der Waals surface area contributed by atoms with Crippen molar-refractivity contribution in [1.29, 1.82) is 0 Å². The summed E-state index contributed by atoms with van der Waals surface area (Å²) < 4.78 is 5.48. The molecule has 1 unspecified atom stereocenters. The molecule has 2 aromatic carbocycles. The number of hydrogen-bond donors (Lipinski definition) is 2. The molecule has 3 heteroatoms. The van der Waals surface area contributed by atoms with Gasteiger partial charge in [0.1, 0.15) is 5.75 Å². The average molecular weight is 271 g/mol. The van der Waals surface area contributed by atoms with E-state index in [-0.39, 0.29) is 5.41 Å². The zero-order chi connectivity index (χ0) is 14.2. The molecule has 3 rings (SSSR count). The number of fused-ring (bicyclic) bond motifs is 1. The third kappa shape index (κ3) is 1.89. The number of hydrogen-bond acceptors (Lipinski definition) is 3. The van der Waals surface area contributed by atoms with Crippen LogP contribution < -0.4 is 10.5 Å². The highest BCUT2D eigenvalue weighted by atomic mass is 16.5. The molecule has 0 aromatic heterocycles. The van der Waals surface area contributed by atoms with Crippen LogP contribution >= 0.6 is 0 Å². The van der Waals surface area contributed by atoms with Crippen LogP contribution in [0.3, 0.4) is 0 Å². The molecule has 1 aliphatic carbocycles. The molecule has 0 saturated heterocycles. The van der Waals surface area contributed by atoms with Crippen LogP contribution in [0.15, 0.2) is 36.4 Å². The first-order chi connectivity index (χ1) is 9.72. The molecule has 3 N–H and O–H groups in total. The van der Waals surface area contributed by atoms with Gasteiger partial charge in [-0.1, -0.05) is 36.8 Å². The van der Waals surface area contributed by atoms with Crippen LogP contribution in [0.4, 0.5) is 0 Å². The Bertz CT molecular complexity index is 614. The highest BCUT2D eigenvalue weighted by Crippen LogP contribution is 2.52. The van der Waals surface area contributed by atoms with Crippen molar-refractivity contribution in [2.75, 3.05) is 13.7 Å². The summed E-state index contributed by atoms with van der Waals surface area (Å²) >= 11 is 0. The van der Waals surface area contributed by atoms with Gasteiger partial charge in [0.05, 0.1) is 13.2 Å². The van der Waals surface area contributed by atoms with Crippen molar-refractivity contribution in [2.24, 2.45) is 11.1 Å². The van der Waals surface area contributed by atoms with E-state index in [4.69, 9.17) is 10.5 Å². The lowest BCUT2D eigenvalue weighted by molar-refractivity contribution is -0.0299. The number of ether oxygens (including phenoxy) is 1. The largest absolute Gasteiger partial charge is 0.496 e. The standard InChI is InChI=1S/C17H21NO2/c1-20-14-8-7-12-5-2-3-6-13(12)15(14)16(19)17(11-18)9-4-10-17/h2-3,5-8,16,19H,4,9-11,18H2,1H3. The second-order valence-electron chi connectivity index (χ2n) is 5.73. The minimum atomic E-state index is -0.567. The van der Waals surface area contributed by atoms with E-state index in [2.05, 4.69) is 6.07 Å². The Labute approximate surface area is 119 Å². The van der Waals surface area contributed by atoms with Crippen molar-refractivity contribution in [3.8, 4) is 5.75 Å². The highest BCUT2D eigenvalue weighted by molar-refractivity contribution is 5.88. The zero-order valence-electron chi connectivity index (χ0n) is 11.8. The molecule has 1 aliphatic rings. The van der Waals surface area contributed by atoms with Gasteiger partial charge in [0.15, 0.2) is 0 Å². The Balaban J connectivity index is 2.18. The third-order valence-corrected chi connectivity index (χ3v) is 4.76. The SMILES string of the molecule is COc1ccc2ccccc2c1C(O)C1(CN)CCC1. The fourth-order valence-electron chi connectivity index (χ4n) is 3.26. The van der Waals surface area contributed by atoms with Crippen molar-refractivity contribution in [1.82, 2.24) is 0 Å². The maximum Gasteiger partial charge on any atom is 0.125 e. The highest BCUT2D eigenvalue weighted by Gasteiger charge is 2.44. The van der Waals surface area contributed by atoms with E-state index in [1.807, 2.05) is 30.3 Å². The van der Waals surface area contributed by atoms with Crippen molar-refractivity contribution in [3.63, 3.8) is 0 Å². The van der Waals surface area contributed by atoms with E-state index in [9.17, 15) is 5.11 Å². The van der Waals surface area contributed by atoms with Gasteiger partial charge in [0, 0.05) is 17.5 Å². The van der Waals surface area contributed by atoms with E-state index in [1.54, 1.807) is 7.11 Å². The molecule has 106 valence electrons. The summed E-state index contributed by atoms with van der Waals surface area (Å²) in [7, 11) is 1.65. The molecule has 0 aliphatic heterocycles. The van der Waals surface area contributed by atoms with Crippen molar-refractivity contribution < 1.29 is 9.84 Å². The number of methoxy groups -OCH3 is 1. The molecular formula is C17H21NO2. The quantitative estimate of drug-likeness (QED) is 0.898. The van der Waals surface area contributed by atoms with Crippen LogP contribution in [0.2, 0.25) is 0 Å². The Morgan fingerprint density at radius 3 is 2.60 bits per heavy atom. The molecule has 1 saturated carbocycles. The van der Waals surface area contributed by atoms with Crippen LogP contribution in [0, 0.1) is 5.41 Å². The first kappa shape index (κ1) is 13.4. The number of benzene rings is 2. The topological polar surface area (TPSA) is 55.5 Å². The van der Waals surface area contributed by atoms with Crippen molar-refractivity contribution in [3.05, 3.63) is 42.0 Å². The summed E-state index contributed by atoms with van der Waals surface area (Å²) in [5.41, 5.74) is 6.64. The summed E-state index contributed by atoms with van der Waals surface area (Å²) in [5, 5.41) is 13.1. The molecule has 0 amide bonds. The van der Waals surface area contributed by atoms with E-state index >= 15 is 0 Å². The maximum atomic E-state index is 10.9. The minimum Gasteiger partial charge on any atom is -0.496 e.